The van der Waals surface area contributed by atoms with Gasteiger partial charge in [-0.2, -0.15) is 0 Å². The largest absolute Gasteiger partial charge is 0.480 e. The topological polar surface area (TPSA) is 129 Å². The molecule has 0 aromatic carbocycles. The number of nitrogens with one attached hydrogen (secondary N) is 2. The number of hydrogen-bond acceptors (Lipinski definition) is 5. The van der Waals surface area contributed by atoms with Crippen LogP contribution in [0.4, 0.5) is 0 Å². The predicted octanol–water partition coefficient (Wildman–Crippen LogP) is -1.43. The Morgan fingerprint density at radius 2 is 2.11 bits per heavy atom. The first-order chi connectivity index (χ1) is 8.54. The summed E-state index contributed by atoms with van der Waals surface area (Å²) >= 11 is 0. The zero-order valence-electron chi connectivity index (χ0n) is 9.25. The molecule has 1 heterocycles. The molecular weight excluding hydrogens is 244 g/mol. The molecule has 1 rings (SSSR count). The summed E-state index contributed by atoms with van der Waals surface area (Å²) < 4.78 is 4.79. The van der Waals surface area contributed by atoms with Crippen LogP contribution in [0.1, 0.15) is 10.6 Å². The third-order valence-electron chi connectivity index (χ3n) is 1.97. The third-order valence-corrected chi connectivity index (χ3v) is 1.97. The number of carboxylic acids is 1. The van der Waals surface area contributed by atoms with E-state index in [1.807, 2.05) is 5.32 Å². The van der Waals surface area contributed by atoms with E-state index < -0.39 is 37.0 Å². The average Bonchev–Trinajstić information content (AvgIpc) is 2.86. The van der Waals surface area contributed by atoms with Crippen LogP contribution in [0, 0.1) is 0 Å². The van der Waals surface area contributed by atoms with Crippen molar-refractivity contribution in [2.45, 2.75) is 6.04 Å². The Labute approximate surface area is 102 Å². The molecule has 0 fully saturated rings. The lowest BCUT2D eigenvalue weighted by molar-refractivity contribution is -0.142. The number of carbonyl (C=O) groups excluding carboxylic acids is 2. The van der Waals surface area contributed by atoms with Crippen molar-refractivity contribution in [1.29, 1.82) is 0 Å². The van der Waals surface area contributed by atoms with Crippen LogP contribution in [-0.2, 0) is 9.59 Å². The van der Waals surface area contributed by atoms with E-state index >= 15 is 0 Å². The molecule has 1 aromatic rings. The van der Waals surface area contributed by atoms with Crippen LogP contribution in [0.2, 0.25) is 0 Å². The van der Waals surface area contributed by atoms with Crippen LogP contribution in [0.5, 0.6) is 0 Å². The van der Waals surface area contributed by atoms with Gasteiger partial charge in [0.05, 0.1) is 19.4 Å². The number of amides is 2. The highest BCUT2D eigenvalue weighted by atomic mass is 16.4. The molecule has 8 nitrogen and oxygen atoms in total. The van der Waals surface area contributed by atoms with Crippen molar-refractivity contribution in [2.24, 2.45) is 0 Å². The number of aliphatic hydroxyl groups excluding tert-OH is 1. The van der Waals surface area contributed by atoms with Crippen LogP contribution in [-0.4, -0.2) is 47.2 Å². The number of aliphatic carboxylic acids is 1. The van der Waals surface area contributed by atoms with Crippen molar-refractivity contribution in [2.75, 3.05) is 13.2 Å². The number of aliphatic hydroxyl groups is 1. The van der Waals surface area contributed by atoms with E-state index in [0.717, 1.165) is 0 Å². The first-order valence-electron chi connectivity index (χ1n) is 4.99. The minimum atomic E-state index is -1.39. The minimum Gasteiger partial charge on any atom is -0.480 e. The van der Waals surface area contributed by atoms with Gasteiger partial charge in [0, 0.05) is 0 Å². The lowest BCUT2D eigenvalue weighted by Gasteiger charge is -2.11. The van der Waals surface area contributed by atoms with Crippen LogP contribution >= 0.6 is 0 Å². The fourth-order valence-corrected chi connectivity index (χ4v) is 1.09. The Bertz CT molecular complexity index is 428. The molecule has 4 N–H and O–H groups in total. The second-order valence-electron chi connectivity index (χ2n) is 3.30. The van der Waals surface area contributed by atoms with Gasteiger partial charge in [0.15, 0.2) is 5.76 Å². The molecule has 0 radical (unpaired) electrons. The fraction of sp³-hybridized carbons (Fsp3) is 0.300. The average molecular weight is 256 g/mol. The van der Waals surface area contributed by atoms with Crippen LogP contribution in [0.15, 0.2) is 22.8 Å². The fourth-order valence-electron chi connectivity index (χ4n) is 1.09. The molecule has 0 aliphatic carbocycles. The summed E-state index contributed by atoms with van der Waals surface area (Å²) in [4.78, 5) is 33.1. The Morgan fingerprint density at radius 3 is 2.61 bits per heavy atom. The maximum Gasteiger partial charge on any atom is 0.328 e. The number of rotatable bonds is 6. The van der Waals surface area contributed by atoms with Gasteiger partial charge in [-0.15, -0.1) is 0 Å². The van der Waals surface area contributed by atoms with Gasteiger partial charge in [0.1, 0.15) is 6.04 Å². The van der Waals surface area contributed by atoms with E-state index in [0.29, 0.717) is 0 Å². The van der Waals surface area contributed by atoms with Crippen LogP contribution in [0.25, 0.3) is 0 Å². The van der Waals surface area contributed by atoms with Crippen molar-refractivity contribution < 1.29 is 29.0 Å². The molecule has 18 heavy (non-hydrogen) atoms. The maximum absolute atomic E-state index is 11.3. The van der Waals surface area contributed by atoms with E-state index in [1.165, 1.54) is 18.4 Å². The molecule has 0 spiro atoms. The molecule has 8 heteroatoms. The molecule has 0 unspecified atom stereocenters. The zero-order chi connectivity index (χ0) is 13.5. The van der Waals surface area contributed by atoms with Gasteiger partial charge in [-0.3, -0.25) is 9.59 Å². The summed E-state index contributed by atoms with van der Waals surface area (Å²) in [6.07, 6.45) is 1.31. The summed E-state index contributed by atoms with van der Waals surface area (Å²) in [6, 6.07) is 1.54. The van der Waals surface area contributed by atoms with Crippen LogP contribution < -0.4 is 10.6 Å². The number of furan rings is 1. The molecule has 0 saturated heterocycles. The highest BCUT2D eigenvalue weighted by Crippen LogP contribution is 1.98. The Morgan fingerprint density at radius 1 is 1.39 bits per heavy atom. The summed E-state index contributed by atoms with van der Waals surface area (Å²) in [5.74, 6) is -2.63. The van der Waals surface area contributed by atoms with Gasteiger partial charge in [-0.25, -0.2) is 4.79 Å². The van der Waals surface area contributed by atoms with E-state index in [-0.39, 0.29) is 5.76 Å². The molecule has 0 aliphatic rings. The van der Waals surface area contributed by atoms with Gasteiger partial charge in [-0.1, -0.05) is 0 Å². The van der Waals surface area contributed by atoms with Crippen molar-refractivity contribution >= 4 is 17.8 Å². The van der Waals surface area contributed by atoms with Gasteiger partial charge >= 0.3 is 5.97 Å². The molecule has 2 amide bonds. The molecule has 98 valence electrons. The van der Waals surface area contributed by atoms with Crippen LogP contribution in [0.3, 0.4) is 0 Å². The molecule has 1 atom stereocenters. The van der Waals surface area contributed by atoms with Gasteiger partial charge in [-0.05, 0) is 12.1 Å². The molecule has 0 bridgehead atoms. The first kappa shape index (κ1) is 13.7. The molecule has 1 aromatic heterocycles. The van der Waals surface area contributed by atoms with Crippen molar-refractivity contribution in [1.82, 2.24) is 10.6 Å². The maximum atomic E-state index is 11.3. The summed E-state index contributed by atoms with van der Waals surface area (Å²) in [5.41, 5.74) is 0. The standard InChI is InChI=1S/C10H12N2O6/c13-5-6(10(16)17)12-8(14)4-11-9(15)7-2-1-3-18-7/h1-3,6,13H,4-5H2,(H,11,15)(H,12,14)(H,16,17)/t6-/m1/s1. The molecule has 0 saturated carbocycles. The van der Waals surface area contributed by atoms with Gasteiger partial charge < -0.3 is 25.3 Å². The number of carbonyl (C=O) groups is 3. The van der Waals surface area contributed by atoms with Crippen molar-refractivity contribution in [3.05, 3.63) is 24.2 Å². The third kappa shape index (κ3) is 3.91. The highest BCUT2D eigenvalue weighted by molar-refractivity contribution is 5.94. The summed E-state index contributed by atoms with van der Waals surface area (Å²) in [6.45, 7) is -1.14. The molecule has 0 aliphatic heterocycles. The predicted molar refractivity (Wildman–Crippen MR) is 57.7 cm³/mol. The smallest absolute Gasteiger partial charge is 0.328 e. The molecular formula is C10H12N2O6. The number of carboxylic acid groups (broad SMARTS) is 1. The van der Waals surface area contributed by atoms with Gasteiger partial charge in [0.25, 0.3) is 5.91 Å². The monoisotopic (exact) mass is 256 g/mol. The van der Waals surface area contributed by atoms with E-state index in [2.05, 4.69) is 5.32 Å². The SMILES string of the molecule is O=C(CNC(=O)c1ccco1)N[C@H](CO)C(=O)O. The Kier molecular flexibility index (Phi) is 4.88. The lowest BCUT2D eigenvalue weighted by Crippen LogP contribution is -2.47. The first-order valence-corrected chi connectivity index (χ1v) is 4.99. The van der Waals surface area contributed by atoms with E-state index in [1.54, 1.807) is 0 Å². The quantitative estimate of drug-likeness (QED) is 0.494. The van der Waals surface area contributed by atoms with E-state index in [4.69, 9.17) is 14.6 Å². The second-order valence-corrected chi connectivity index (χ2v) is 3.30. The normalized spacial score (nSPS) is 11.6. The van der Waals surface area contributed by atoms with E-state index in [9.17, 15) is 14.4 Å². The van der Waals surface area contributed by atoms with Crippen molar-refractivity contribution in [3.63, 3.8) is 0 Å². The zero-order valence-corrected chi connectivity index (χ0v) is 9.25. The lowest BCUT2D eigenvalue weighted by atomic mass is 10.3. The van der Waals surface area contributed by atoms with Crippen molar-refractivity contribution in [3.8, 4) is 0 Å². The highest BCUT2D eigenvalue weighted by Gasteiger charge is 2.19. The Hall–Kier alpha value is -2.35. The Balaban J connectivity index is 2.37. The van der Waals surface area contributed by atoms with Gasteiger partial charge in [0.2, 0.25) is 5.91 Å². The summed E-state index contributed by atoms with van der Waals surface area (Å²) in [5, 5.41) is 21.5. The number of hydrogen-bond donors (Lipinski definition) is 4. The minimum absolute atomic E-state index is 0.0414. The summed E-state index contributed by atoms with van der Waals surface area (Å²) in [7, 11) is 0. The second kappa shape index (κ2) is 6.40.